The smallest absolute Gasteiger partial charge is 0.322 e. The first-order valence-corrected chi connectivity index (χ1v) is 11.6. The van der Waals surface area contributed by atoms with Crippen molar-refractivity contribution >= 4 is 28.3 Å². The second-order valence-electron chi connectivity index (χ2n) is 8.39. The molecule has 178 valence electrons. The van der Waals surface area contributed by atoms with Crippen molar-refractivity contribution in [1.29, 1.82) is 0 Å². The van der Waals surface area contributed by atoms with Gasteiger partial charge in [0.15, 0.2) is 0 Å². The molecule has 7 nitrogen and oxygen atoms in total. The van der Waals surface area contributed by atoms with Crippen LogP contribution in [0.4, 0.5) is 16.2 Å². The van der Waals surface area contributed by atoms with Crippen LogP contribution in [0.5, 0.6) is 11.6 Å². The minimum absolute atomic E-state index is 0.162. The Kier molecular flexibility index (Phi) is 6.39. The van der Waals surface area contributed by atoms with Crippen LogP contribution in [0, 0.1) is 0 Å². The molecule has 7 heteroatoms. The topological polar surface area (TPSA) is 66.9 Å². The number of fused-ring (bicyclic) bond motifs is 1. The van der Waals surface area contributed by atoms with Crippen LogP contribution in [0.3, 0.4) is 0 Å². The van der Waals surface area contributed by atoms with E-state index in [1.54, 1.807) is 14.2 Å². The number of carbonyl (C=O) groups is 1. The van der Waals surface area contributed by atoms with Crippen molar-refractivity contribution in [2.45, 2.75) is 0 Å². The Morgan fingerprint density at radius 2 is 1.57 bits per heavy atom. The average molecular weight is 469 g/mol. The Balaban J connectivity index is 1.29. The van der Waals surface area contributed by atoms with Crippen LogP contribution in [0.1, 0.15) is 0 Å². The number of ether oxygens (including phenoxy) is 2. The van der Waals surface area contributed by atoms with Gasteiger partial charge in [-0.3, -0.25) is 0 Å². The van der Waals surface area contributed by atoms with Crippen molar-refractivity contribution in [2.75, 3.05) is 50.6 Å². The predicted molar refractivity (Wildman–Crippen MR) is 140 cm³/mol. The molecule has 2 amide bonds. The highest BCUT2D eigenvalue weighted by Crippen LogP contribution is 2.34. The fourth-order valence-corrected chi connectivity index (χ4v) is 4.44. The Hall–Kier alpha value is -4.26. The standard InChI is InChI=1S/C28H28N4O3/c1-34-26-13-12-21(20-8-4-3-5-9-20)19-25(26)31-14-16-32(17-15-31)28(33)30-24-18-22-10-6-7-11-23(22)29-27(24)35-2/h3-13,18-19H,14-17H2,1-2H3,(H,30,33). The van der Waals surface area contributed by atoms with Crippen LogP contribution in [-0.2, 0) is 0 Å². The van der Waals surface area contributed by atoms with Gasteiger partial charge in [0.25, 0.3) is 0 Å². The maximum absolute atomic E-state index is 13.1. The molecule has 1 aliphatic rings. The van der Waals surface area contributed by atoms with Gasteiger partial charge in [-0.15, -0.1) is 0 Å². The number of methoxy groups -OCH3 is 2. The molecule has 0 unspecified atom stereocenters. The molecular formula is C28H28N4O3. The van der Waals surface area contributed by atoms with Crippen molar-refractivity contribution in [2.24, 2.45) is 0 Å². The first kappa shape index (κ1) is 22.5. The molecule has 0 bridgehead atoms. The number of nitrogens with one attached hydrogen (secondary N) is 1. The summed E-state index contributed by atoms with van der Waals surface area (Å²) < 4.78 is 11.1. The molecule has 0 spiro atoms. The van der Waals surface area contributed by atoms with Crippen molar-refractivity contribution in [3.05, 3.63) is 78.9 Å². The summed E-state index contributed by atoms with van der Waals surface area (Å²) in [6.07, 6.45) is 0. The SMILES string of the molecule is COc1ccc(-c2ccccc2)cc1N1CCN(C(=O)Nc2cc3ccccc3nc2OC)CC1. The Labute approximate surface area is 204 Å². The highest BCUT2D eigenvalue weighted by atomic mass is 16.5. The van der Waals surface area contributed by atoms with Crippen molar-refractivity contribution in [3.63, 3.8) is 0 Å². The fraction of sp³-hybridized carbons (Fsp3) is 0.214. The molecule has 1 aliphatic heterocycles. The molecule has 2 heterocycles. The number of anilines is 2. The number of urea groups is 1. The highest BCUT2D eigenvalue weighted by Gasteiger charge is 2.24. The molecule has 0 aliphatic carbocycles. The zero-order valence-corrected chi connectivity index (χ0v) is 19.9. The average Bonchev–Trinajstić information content (AvgIpc) is 2.92. The lowest BCUT2D eigenvalue weighted by atomic mass is 10.0. The van der Waals surface area contributed by atoms with E-state index >= 15 is 0 Å². The first-order chi connectivity index (χ1) is 17.2. The van der Waals surface area contributed by atoms with Crippen molar-refractivity contribution in [1.82, 2.24) is 9.88 Å². The van der Waals surface area contributed by atoms with E-state index in [1.165, 1.54) is 0 Å². The van der Waals surface area contributed by atoms with Gasteiger partial charge in [0.05, 0.1) is 25.4 Å². The summed E-state index contributed by atoms with van der Waals surface area (Å²) in [6, 6.07) is 26.0. The summed E-state index contributed by atoms with van der Waals surface area (Å²) in [5, 5.41) is 3.93. The zero-order chi connectivity index (χ0) is 24.2. The molecule has 0 saturated carbocycles. The second-order valence-corrected chi connectivity index (χ2v) is 8.39. The number of hydrogen-bond donors (Lipinski definition) is 1. The van der Waals surface area contributed by atoms with Crippen LogP contribution in [-0.4, -0.2) is 56.3 Å². The van der Waals surface area contributed by atoms with Crippen LogP contribution in [0.25, 0.3) is 22.0 Å². The van der Waals surface area contributed by atoms with Crippen LogP contribution in [0.2, 0.25) is 0 Å². The van der Waals surface area contributed by atoms with Gasteiger partial charge in [0, 0.05) is 31.6 Å². The van der Waals surface area contributed by atoms with E-state index in [0.717, 1.165) is 33.5 Å². The number of carbonyl (C=O) groups excluding carboxylic acids is 1. The Morgan fingerprint density at radius 3 is 2.31 bits per heavy atom. The largest absolute Gasteiger partial charge is 0.495 e. The molecule has 5 rings (SSSR count). The molecular weight excluding hydrogens is 440 g/mol. The van der Waals surface area contributed by atoms with Gasteiger partial charge in [-0.2, -0.15) is 0 Å². The number of aromatic nitrogens is 1. The first-order valence-electron chi connectivity index (χ1n) is 11.6. The third kappa shape index (κ3) is 4.71. The molecule has 1 N–H and O–H groups in total. The highest BCUT2D eigenvalue weighted by molar-refractivity contribution is 5.94. The molecule has 1 saturated heterocycles. The summed E-state index contributed by atoms with van der Waals surface area (Å²) in [6.45, 7) is 2.59. The number of nitrogens with zero attached hydrogens (tertiary/aromatic N) is 3. The lowest BCUT2D eigenvalue weighted by molar-refractivity contribution is 0.208. The maximum atomic E-state index is 13.1. The predicted octanol–water partition coefficient (Wildman–Crippen LogP) is 5.27. The number of amides is 2. The van der Waals surface area contributed by atoms with Crippen LogP contribution in [0.15, 0.2) is 78.9 Å². The van der Waals surface area contributed by atoms with Gasteiger partial charge in [0.1, 0.15) is 11.4 Å². The molecule has 0 radical (unpaired) electrons. The minimum Gasteiger partial charge on any atom is -0.495 e. The number of piperazine rings is 1. The minimum atomic E-state index is -0.162. The van der Waals surface area contributed by atoms with Gasteiger partial charge in [-0.05, 0) is 35.4 Å². The molecule has 35 heavy (non-hydrogen) atoms. The van der Waals surface area contributed by atoms with Crippen LogP contribution < -0.4 is 19.7 Å². The summed E-state index contributed by atoms with van der Waals surface area (Å²) in [4.78, 5) is 21.7. The quantitative estimate of drug-likeness (QED) is 0.432. The molecule has 4 aromatic rings. The molecule has 3 aromatic carbocycles. The van der Waals surface area contributed by atoms with E-state index < -0.39 is 0 Å². The van der Waals surface area contributed by atoms with Gasteiger partial charge >= 0.3 is 6.03 Å². The molecule has 0 atom stereocenters. The third-order valence-corrected chi connectivity index (χ3v) is 6.32. The number of benzene rings is 3. The van der Waals surface area contributed by atoms with E-state index in [9.17, 15) is 4.79 Å². The zero-order valence-electron chi connectivity index (χ0n) is 19.9. The van der Waals surface area contributed by atoms with Gasteiger partial charge < -0.3 is 24.6 Å². The summed E-state index contributed by atoms with van der Waals surface area (Å²) in [5.41, 5.74) is 4.72. The molecule has 1 fully saturated rings. The van der Waals surface area contributed by atoms with Crippen molar-refractivity contribution in [3.8, 4) is 22.8 Å². The van der Waals surface area contributed by atoms with Gasteiger partial charge in [0.2, 0.25) is 5.88 Å². The third-order valence-electron chi connectivity index (χ3n) is 6.32. The summed E-state index contributed by atoms with van der Waals surface area (Å²) in [5.74, 6) is 1.23. The van der Waals surface area contributed by atoms with Crippen molar-refractivity contribution < 1.29 is 14.3 Å². The number of para-hydroxylation sites is 1. The summed E-state index contributed by atoms with van der Waals surface area (Å²) in [7, 11) is 3.25. The monoisotopic (exact) mass is 468 g/mol. The van der Waals surface area contributed by atoms with E-state index in [0.29, 0.717) is 37.7 Å². The summed E-state index contributed by atoms with van der Waals surface area (Å²) >= 11 is 0. The van der Waals surface area contributed by atoms with E-state index in [2.05, 4.69) is 39.5 Å². The maximum Gasteiger partial charge on any atom is 0.322 e. The number of pyridine rings is 1. The van der Waals surface area contributed by atoms with E-state index in [4.69, 9.17) is 9.47 Å². The van der Waals surface area contributed by atoms with Gasteiger partial charge in [-0.25, -0.2) is 9.78 Å². The lowest BCUT2D eigenvalue weighted by Gasteiger charge is -2.36. The second kappa shape index (κ2) is 9.93. The Morgan fingerprint density at radius 1 is 0.829 bits per heavy atom. The number of rotatable bonds is 5. The van der Waals surface area contributed by atoms with E-state index in [-0.39, 0.29) is 6.03 Å². The van der Waals surface area contributed by atoms with Gasteiger partial charge in [-0.1, -0.05) is 54.6 Å². The normalized spacial score (nSPS) is 13.5. The Bertz CT molecular complexity index is 1330. The number of hydrogen-bond acceptors (Lipinski definition) is 5. The fourth-order valence-electron chi connectivity index (χ4n) is 4.44. The van der Waals surface area contributed by atoms with E-state index in [1.807, 2.05) is 59.5 Å². The molecule has 1 aromatic heterocycles. The van der Waals surface area contributed by atoms with Crippen LogP contribution >= 0.6 is 0 Å². The lowest BCUT2D eigenvalue weighted by Crippen LogP contribution is -2.50.